The molecule has 0 aliphatic heterocycles. The SMILES string of the molecule is CCCN(CC#Cc1cnc(N)c2c(-c3ccc(NC(=O)Nc4cccc(C(F)(F)F)c4)cc3)csc12)CCC. The van der Waals surface area contributed by atoms with Crippen LogP contribution < -0.4 is 16.4 Å². The van der Waals surface area contributed by atoms with Crippen LogP contribution in [0, 0.1) is 11.8 Å². The molecule has 0 saturated heterocycles. The highest BCUT2D eigenvalue weighted by Crippen LogP contribution is 2.38. The maximum Gasteiger partial charge on any atom is 0.416 e. The lowest BCUT2D eigenvalue weighted by Crippen LogP contribution is -2.25. The van der Waals surface area contributed by atoms with Gasteiger partial charge in [0.15, 0.2) is 0 Å². The molecular formula is C30H30F3N5OS. The number of nitrogens with one attached hydrogen (secondary N) is 2. The molecule has 10 heteroatoms. The molecule has 2 heterocycles. The highest BCUT2D eigenvalue weighted by atomic mass is 32.1. The van der Waals surface area contributed by atoms with Gasteiger partial charge in [0.25, 0.3) is 0 Å². The van der Waals surface area contributed by atoms with Crippen molar-refractivity contribution < 1.29 is 18.0 Å². The smallest absolute Gasteiger partial charge is 0.383 e. The molecule has 4 N–H and O–H groups in total. The van der Waals surface area contributed by atoms with E-state index in [2.05, 4.69) is 46.2 Å². The number of halogens is 3. The molecule has 4 aromatic rings. The van der Waals surface area contributed by atoms with Gasteiger partial charge in [-0.2, -0.15) is 13.2 Å². The van der Waals surface area contributed by atoms with Crippen molar-refractivity contribution in [2.24, 2.45) is 0 Å². The summed E-state index contributed by atoms with van der Waals surface area (Å²) < 4.78 is 39.8. The van der Waals surface area contributed by atoms with Crippen molar-refractivity contribution in [2.45, 2.75) is 32.9 Å². The normalized spacial score (nSPS) is 11.3. The third kappa shape index (κ3) is 7.11. The number of nitrogen functional groups attached to an aromatic ring is 1. The Hall–Kier alpha value is -4.07. The van der Waals surface area contributed by atoms with Gasteiger partial charge >= 0.3 is 12.2 Å². The summed E-state index contributed by atoms with van der Waals surface area (Å²) in [6.45, 7) is 7.04. The average molecular weight is 566 g/mol. The van der Waals surface area contributed by atoms with Gasteiger partial charge < -0.3 is 16.4 Å². The zero-order valence-corrected chi connectivity index (χ0v) is 23.0. The lowest BCUT2D eigenvalue weighted by atomic mass is 10.0. The molecule has 4 rings (SSSR count). The quantitative estimate of drug-likeness (QED) is 0.191. The van der Waals surface area contributed by atoms with E-state index in [1.165, 1.54) is 12.1 Å². The van der Waals surface area contributed by atoms with Gasteiger partial charge in [0.1, 0.15) is 5.82 Å². The second-order valence-electron chi connectivity index (χ2n) is 9.22. The number of rotatable bonds is 8. The summed E-state index contributed by atoms with van der Waals surface area (Å²) in [7, 11) is 0. The summed E-state index contributed by atoms with van der Waals surface area (Å²) in [4.78, 5) is 19.1. The number of carbonyl (C=O) groups excluding carboxylic acids is 1. The Labute approximate surface area is 235 Å². The maximum atomic E-state index is 12.9. The highest BCUT2D eigenvalue weighted by Gasteiger charge is 2.30. The molecule has 0 unspecified atom stereocenters. The van der Waals surface area contributed by atoms with Crippen LogP contribution in [0.1, 0.15) is 37.8 Å². The second-order valence-corrected chi connectivity index (χ2v) is 10.1. The number of fused-ring (bicyclic) bond motifs is 1. The molecule has 0 saturated carbocycles. The lowest BCUT2D eigenvalue weighted by molar-refractivity contribution is -0.137. The van der Waals surface area contributed by atoms with E-state index in [1.54, 1.807) is 29.7 Å². The van der Waals surface area contributed by atoms with E-state index in [4.69, 9.17) is 5.73 Å². The largest absolute Gasteiger partial charge is 0.416 e. The summed E-state index contributed by atoms with van der Waals surface area (Å²) >= 11 is 1.55. The topological polar surface area (TPSA) is 83.3 Å². The van der Waals surface area contributed by atoms with Crippen LogP contribution in [-0.4, -0.2) is 35.5 Å². The van der Waals surface area contributed by atoms with Crippen molar-refractivity contribution >= 4 is 44.6 Å². The van der Waals surface area contributed by atoms with Gasteiger partial charge in [0.05, 0.1) is 22.4 Å². The maximum absolute atomic E-state index is 12.9. The Bertz CT molecular complexity index is 1530. The van der Waals surface area contributed by atoms with Crippen molar-refractivity contribution in [1.82, 2.24) is 9.88 Å². The van der Waals surface area contributed by atoms with E-state index in [-0.39, 0.29) is 5.69 Å². The fourth-order valence-corrected chi connectivity index (χ4v) is 5.37. The number of alkyl halides is 3. The van der Waals surface area contributed by atoms with Crippen LogP contribution in [0.15, 0.2) is 60.1 Å². The summed E-state index contributed by atoms with van der Waals surface area (Å²) in [5.41, 5.74) is 8.58. The molecule has 2 aromatic carbocycles. The molecule has 0 bridgehead atoms. The number of urea groups is 1. The van der Waals surface area contributed by atoms with E-state index in [9.17, 15) is 18.0 Å². The predicted molar refractivity (Wildman–Crippen MR) is 157 cm³/mol. The van der Waals surface area contributed by atoms with E-state index in [1.807, 2.05) is 17.5 Å². The van der Waals surface area contributed by atoms with Gasteiger partial charge in [0, 0.05) is 28.5 Å². The molecule has 6 nitrogen and oxygen atoms in total. The zero-order valence-electron chi connectivity index (χ0n) is 22.2. The van der Waals surface area contributed by atoms with Crippen molar-refractivity contribution in [1.29, 1.82) is 0 Å². The van der Waals surface area contributed by atoms with E-state index in [0.717, 1.165) is 64.8 Å². The van der Waals surface area contributed by atoms with Crippen LogP contribution in [0.25, 0.3) is 21.2 Å². The van der Waals surface area contributed by atoms with E-state index < -0.39 is 17.8 Å². The third-order valence-electron chi connectivity index (χ3n) is 6.13. The van der Waals surface area contributed by atoms with Gasteiger partial charge in [0.2, 0.25) is 0 Å². The Morgan fingerprint density at radius 2 is 1.75 bits per heavy atom. The van der Waals surface area contributed by atoms with Crippen LogP contribution >= 0.6 is 11.3 Å². The fraction of sp³-hybridized carbons (Fsp3) is 0.267. The lowest BCUT2D eigenvalue weighted by Gasteiger charge is -2.17. The summed E-state index contributed by atoms with van der Waals surface area (Å²) in [5.74, 6) is 6.97. The first-order chi connectivity index (χ1) is 19.2. The number of amides is 2. The monoisotopic (exact) mass is 565 g/mol. The van der Waals surface area contributed by atoms with Crippen molar-refractivity contribution in [3.05, 3.63) is 71.2 Å². The number of hydrogen-bond acceptors (Lipinski definition) is 5. The Morgan fingerprint density at radius 3 is 2.42 bits per heavy atom. The molecule has 0 fully saturated rings. The number of thiophene rings is 1. The van der Waals surface area contributed by atoms with Crippen molar-refractivity contribution in [3.8, 4) is 23.0 Å². The molecule has 2 aromatic heterocycles. The van der Waals surface area contributed by atoms with Gasteiger partial charge in [-0.05, 0) is 67.2 Å². The number of pyridine rings is 1. The predicted octanol–water partition coefficient (Wildman–Crippen LogP) is 7.68. The molecule has 2 amide bonds. The third-order valence-corrected chi connectivity index (χ3v) is 7.14. The number of nitrogens with two attached hydrogens (primary N) is 1. The minimum Gasteiger partial charge on any atom is -0.383 e. The summed E-state index contributed by atoms with van der Waals surface area (Å²) in [6, 6.07) is 10.9. The van der Waals surface area contributed by atoms with Crippen LogP contribution in [-0.2, 0) is 6.18 Å². The first-order valence-corrected chi connectivity index (χ1v) is 13.8. The Kier molecular flexibility index (Phi) is 9.30. The summed E-state index contributed by atoms with van der Waals surface area (Å²) in [6.07, 6.45) is -0.617. The number of aromatic nitrogens is 1. The zero-order chi connectivity index (χ0) is 28.7. The molecule has 0 aliphatic carbocycles. The molecular weight excluding hydrogens is 535 g/mol. The minimum absolute atomic E-state index is 0.0407. The van der Waals surface area contributed by atoms with Crippen LogP contribution in [0.2, 0.25) is 0 Å². The molecule has 0 spiro atoms. The van der Waals surface area contributed by atoms with Gasteiger partial charge in [-0.3, -0.25) is 4.90 Å². The van der Waals surface area contributed by atoms with E-state index >= 15 is 0 Å². The van der Waals surface area contributed by atoms with Gasteiger partial charge in [-0.1, -0.05) is 43.9 Å². The fourth-order valence-electron chi connectivity index (χ4n) is 4.32. The van der Waals surface area contributed by atoms with Crippen molar-refractivity contribution in [3.63, 3.8) is 0 Å². The van der Waals surface area contributed by atoms with Crippen LogP contribution in [0.4, 0.5) is 35.2 Å². The van der Waals surface area contributed by atoms with Crippen LogP contribution in [0.3, 0.4) is 0 Å². The van der Waals surface area contributed by atoms with E-state index in [0.29, 0.717) is 18.1 Å². The second kappa shape index (κ2) is 12.9. The van der Waals surface area contributed by atoms with Gasteiger partial charge in [-0.15, -0.1) is 11.3 Å². The minimum atomic E-state index is -4.49. The molecule has 0 atom stereocenters. The number of benzene rings is 2. The molecule has 208 valence electrons. The Balaban J connectivity index is 1.49. The average Bonchev–Trinajstić information content (AvgIpc) is 3.37. The van der Waals surface area contributed by atoms with Crippen molar-refractivity contribution in [2.75, 3.05) is 36.0 Å². The number of hydrogen-bond donors (Lipinski definition) is 3. The first-order valence-electron chi connectivity index (χ1n) is 12.9. The number of carbonyl (C=O) groups is 1. The highest BCUT2D eigenvalue weighted by molar-refractivity contribution is 7.18. The summed E-state index contributed by atoms with van der Waals surface area (Å²) in [5, 5.41) is 7.92. The van der Waals surface area contributed by atoms with Gasteiger partial charge in [-0.25, -0.2) is 9.78 Å². The first kappa shape index (κ1) is 28.9. The molecule has 0 aliphatic rings. The Morgan fingerprint density at radius 1 is 1.05 bits per heavy atom. The van der Waals surface area contributed by atoms with Crippen LogP contribution in [0.5, 0.6) is 0 Å². The number of anilines is 3. The molecule has 40 heavy (non-hydrogen) atoms. The standard InChI is InChI=1S/C30H30F3N5OS/c1-3-14-38(15-4-2)16-6-7-21-18-35-28(34)26-25(19-40-27(21)26)20-10-12-23(13-11-20)36-29(39)37-24-9-5-8-22(17-24)30(31,32)33/h5,8-13,17-19H,3-4,14-16H2,1-2H3,(H2,34,35)(H2,36,37,39). The molecule has 0 radical (unpaired) electrons. The number of nitrogens with zero attached hydrogens (tertiary/aromatic N) is 2.